The second-order valence-electron chi connectivity index (χ2n) is 8.65. The Labute approximate surface area is 200 Å². The molecular weight excluding hydrogens is 487 g/mol. The van der Waals surface area contributed by atoms with Crippen LogP contribution in [0.3, 0.4) is 0 Å². The summed E-state index contributed by atoms with van der Waals surface area (Å²) in [5.41, 5.74) is 1.41. The predicted octanol–water partition coefficient (Wildman–Crippen LogP) is 2.46. The van der Waals surface area contributed by atoms with Gasteiger partial charge in [-0.15, -0.1) is 24.0 Å². The normalized spacial score (nSPS) is 20.2. The number of benzene rings is 1. The van der Waals surface area contributed by atoms with Crippen LogP contribution in [0.15, 0.2) is 35.3 Å². The number of hydrogen-bond acceptors (Lipinski definition) is 4. The minimum absolute atomic E-state index is 0. The van der Waals surface area contributed by atoms with E-state index in [0.29, 0.717) is 12.1 Å². The average Bonchev–Trinajstić information content (AvgIpc) is 2.75. The lowest BCUT2D eigenvalue weighted by atomic mass is 10.0. The number of likely N-dealkylation sites (tertiary alicyclic amines) is 1. The third kappa shape index (κ3) is 8.32. The van der Waals surface area contributed by atoms with Crippen molar-refractivity contribution < 1.29 is 0 Å². The summed E-state index contributed by atoms with van der Waals surface area (Å²) in [5, 5.41) is 7.14. The molecule has 2 heterocycles. The molecule has 2 aliphatic heterocycles. The van der Waals surface area contributed by atoms with Crippen LogP contribution in [0.5, 0.6) is 0 Å². The minimum atomic E-state index is 0. The van der Waals surface area contributed by atoms with Gasteiger partial charge in [-0.25, -0.2) is 0 Å². The van der Waals surface area contributed by atoms with Gasteiger partial charge in [0.2, 0.25) is 0 Å². The summed E-state index contributed by atoms with van der Waals surface area (Å²) in [6.07, 6.45) is 2.39. The van der Waals surface area contributed by atoms with Crippen molar-refractivity contribution in [3.8, 4) is 0 Å². The SMILES string of the molecule is CN=C(NCCN1CCN(Cc2ccccc2)CC1)NC1CCN(C(C)C)CC1.I. The van der Waals surface area contributed by atoms with E-state index in [1.165, 1.54) is 31.5 Å². The standard InChI is InChI=1S/C23H40N6.HI/c1-20(2)29-12-9-22(10-13-29)26-23(24-3)25-11-14-27-15-17-28(18-16-27)19-21-7-5-4-6-8-21;/h4-8,20,22H,9-19H2,1-3H3,(H2,24,25,26);1H. The van der Waals surface area contributed by atoms with Gasteiger partial charge in [-0.1, -0.05) is 30.3 Å². The lowest BCUT2D eigenvalue weighted by Crippen LogP contribution is -2.52. The van der Waals surface area contributed by atoms with Crippen molar-refractivity contribution in [1.29, 1.82) is 0 Å². The van der Waals surface area contributed by atoms with Gasteiger partial charge in [0.1, 0.15) is 0 Å². The monoisotopic (exact) mass is 528 g/mol. The molecule has 0 unspecified atom stereocenters. The summed E-state index contributed by atoms with van der Waals surface area (Å²) in [7, 11) is 1.88. The third-order valence-electron chi connectivity index (χ3n) is 6.26. The minimum Gasteiger partial charge on any atom is -0.355 e. The van der Waals surface area contributed by atoms with Gasteiger partial charge in [-0.05, 0) is 32.3 Å². The van der Waals surface area contributed by atoms with E-state index in [1.807, 2.05) is 7.05 Å². The van der Waals surface area contributed by atoms with Gasteiger partial charge in [0.15, 0.2) is 5.96 Å². The van der Waals surface area contributed by atoms with Crippen molar-refractivity contribution in [2.45, 2.75) is 45.3 Å². The predicted molar refractivity (Wildman–Crippen MR) is 138 cm³/mol. The lowest BCUT2D eigenvalue weighted by Gasteiger charge is -2.36. The molecule has 0 bridgehead atoms. The van der Waals surface area contributed by atoms with Crippen LogP contribution >= 0.6 is 24.0 Å². The number of nitrogens with zero attached hydrogens (tertiary/aromatic N) is 4. The highest BCUT2D eigenvalue weighted by atomic mass is 127. The van der Waals surface area contributed by atoms with Gasteiger partial charge < -0.3 is 15.5 Å². The second kappa shape index (κ2) is 13.5. The van der Waals surface area contributed by atoms with Crippen LogP contribution in [0.2, 0.25) is 0 Å². The van der Waals surface area contributed by atoms with Crippen LogP contribution in [0.25, 0.3) is 0 Å². The molecular formula is C23H41IN6. The van der Waals surface area contributed by atoms with Crippen LogP contribution in [-0.4, -0.2) is 92.1 Å². The average molecular weight is 529 g/mol. The Morgan fingerprint density at radius 2 is 1.63 bits per heavy atom. The van der Waals surface area contributed by atoms with Crippen molar-refractivity contribution >= 4 is 29.9 Å². The van der Waals surface area contributed by atoms with Crippen molar-refractivity contribution in [3.05, 3.63) is 35.9 Å². The maximum Gasteiger partial charge on any atom is 0.191 e. The topological polar surface area (TPSA) is 46.1 Å². The number of hydrogen-bond donors (Lipinski definition) is 2. The largest absolute Gasteiger partial charge is 0.355 e. The molecule has 0 atom stereocenters. The van der Waals surface area contributed by atoms with Gasteiger partial charge in [-0.3, -0.25) is 14.8 Å². The Kier molecular flexibility index (Phi) is 11.4. The molecule has 30 heavy (non-hydrogen) atoms. The molecule has 2 saturated heterocycles. The second-order valence-corrected chi connectivity index (χ2v) is 8.65. The first-order valence-corrected chi connectivity index (χ1v) is 11.3. The van der Waals surface area contributed by atoms with Gasteiger partial charge in [0.05, 0.1) is 0 Å². The summed E-state index contributed by atoms with van der Waals surface area (Å²) in [4.78, 5) is 12.1. The molecule has 6 nitrogen and oxygen atoms in total. The maximum atomic E-state index is 4.43. The molecule has 2 aliphatic rings. The quantitative estimate of drug-likeness (QED) is 0.324. The highest BCUT2D eigenvalue weighted by Crippen LogP contribution is 2.13. The summed E-state index contributed by atoms with van der Waals surface area (Å²) in [5.74, 6) is 0.954. The fraction of sp³-hybridized carbons (Fsp3) is 0.696. The Hall–Kier alpha value is -0.900. The van der Waals surface area contributed by atoms with Crippen LogP contribution in [-0.2, 0) is 6.54 Å². The van der Waals surface area contributed by atoms with Gasteiger partial charge in [0.25, 0.3) is 0 Å². The van der Waals surface area contributed by atoms with Gasteiger partial charge in [-0.2, -0.15) is 0 Å². The summed E-state index contributed by atoms with van der Waals surface area (Å²) >= 11 is 0. The first-order chi connectivity index (χ1) is 14.1. The number of guanidine groups is 1. The molecule has 3 rings (SSSR count). The lowest BCUT2D eigenvalue weighted by molar-refractivity contribution is 0.128. The van der Waals surface area contributed by atoms with Crippen LogP contribution in [0, 0.1) is 0 Å². The molecule has 0 radical (unpaired) electrons. The zero-order valence-corrected chi connectivity index (χ0v) is 21.3. The van der Waals surface area contributed by atoms with E-state index >= 15 is 0 Å². The molecule has 7 heteroatoms. The van der Waals surface area contributed by atoms with Crippen molar-refractivity contribution in [1.82, 2.24) is 25.3 Å². The summed E-state index contributed by atoms with van der Waals surface area (Å²) < 4.78 is 0. The molecule has 2 fully saturated rings. The zero-order chi connectivity index (χ0) is 20.5. The van der Waals surface area contributed by atoms with E-state index in [-0.39, 0.29) is 24.0 Å². The first-order valence-electron chi connectivity index (χ1n) is 11.3. The van der Waals surface area contributed by atoms with E-state index in [1.54, 1.807) is 0 Å². The van der Waals surface area contributed by atoms with E-state index in [2.05, 4.69) is 74.5 Å². The molecule has 1 aromatic rings. The van der Waals surface area contributed by atoms with Crippen LogP contribution < -0.4 is 10.6 Å². The Bertz CT molecular complexity index is 607. The first kappa shape index (κ1) is 25.4. The molecule has 170 valence electrons. The fourth-order valence-electron chi connectivity index (χ4n) is 4.29. The summed E-state index contributed by atoms with van der Waals surface area (Å²) in [6.45, 7) is 14.6. The Morgan fingerprint density at radius 1 is 1.00 bits per heavy atom. The highest BCUT2D eigenvalue weighted by Gasteiger charge is 2.21. The van der Waals surface area contributed by atoms with Crippen molar-refractivity contribution in [3.63, 3.8) is 0 Å². The molecule has 0 amide bonds. The molecule has 1 aromatic carbocycles. The summed E-state index contributed by atoms with van der Waals surface area (Å²) in [6, 6.07) is 12.0. The van der Waals surface area contributed by atoms with E-state index in [4.69, 9.17) is 0 Å². The number of piperidine rings is 1. The molecule has 2 N–H and O–H groups in total. The molecule has 0 aliphatic carbocycles. The van der Waals surface area contributed by atoms with Gasteiger partial charge >= 0.3 is 0 Å². The fourth-order valence-corrected chi connectivity index (χ4v) is 4.29. The number of halogens is 1. The van der Waals surface area contributed by atoms with E-state index in [0.717, 1.165) is 51.8 Å². The number of aliphatic imine (C=N–C) groups is 1. The third-order valence-corrected chi connectivity index (χ3v) is 6.26. The smallest absolute Gasteiger partial charge is 0.191 e. The molecule has 0 saturated carbocycles. The number of rotatable bonds is 7. The zero-order valence-electron chi connectivity index (χ0n) is 19.0. The number of nitrogens with one attached hydrogen (secondary N) is 2. The van der Waals surface area contributed by atoms with Crippen LogP contribution in [0.4, 0.5) is 0 Å². The van der Waals surface area contributed by atoms with Gasteiger partial charge in [0, 0.05) is 78.0 Å². The van der Waals surface area contributed by atoms with Crippen molar-refractivity contribution in [2.75, 3.05) is 59.4 Å². The highest BCUT2D eigenvalue weighted by molar-refractivity contribution is 14.0. The van der Waals surface area contributed by atoms with Crippen LogP contribution in [0.1, 0.15) is 32.3 Å². The molecule has 0 aromatic heterocycles. The van der Waals surface area contributed by atoms with E-state index < -0.39 is 0 Å². The Balaban J connectivity index is 0.00000320. The van der Waals surface area contributed by atoms with Crippen molar-refractivity contribution in [2.24, 2.45) is 4.99 Å². The maximum absolute atomic E-state index is 4.43. The molecule has 0 spiro atoms. The number of piperazine rings is 1. The Morgan fingerprint density at radius 3 is 2.23 bits per heavy atom. The van der Waals surface area contributed by atoms with E-state index in [9.17, 15) is 0 Å².